The summed E-state index contributed by atoms with van der Waals surface area (Å²) in [5, 5.41) is 3.06. The Morgan fingerprint density at radius 3 is 2.06 bits per heavy atom. The number of hydrazine groups is 1. The van der Waals surface area contributed by atoms with E-state index in [9.17, 15) is 8.78 Å². The summed E-state index contributed by atoms with van der Waals surface area (Å²) in [6.45, 7) is 6.05. The molecule has 0 saturated heterocycles. The zero-order valence-corrected chi connectivity index (χ0v) is 11.0. The molecule has 0 amide bonds. The Bertz CT molecular complexity index is 397. The first-order valence-corrected chi connectivity index (χ1v) is 6.12. The number of hydrogen-bond donors (Lipinski definition) is 3. The van der Waals surface area contributed by atoms with Crippen LogP contribution in [0.25, 0.3) is 0 Å². The number of rotatable bonds is 6. The second-order valence-corrected chi connectivity index (χ2v) is 4.26. The number of anilines is 2. The number of pyridine rings is 1. The first kappa shape index (κ1) is 14.6. The fourth-order valence-electron chi connectivity index (χ4n) is 1.92. The molecule has 18 heavy (non-hydrogen) atoms. The largest absolute Gasteiger partial charge is 0.362 e. The number of hydrogen-bond acceptors (Lipinski definition) is 4. The van der Waals surface area contributed by atoms with Gasteiger partial charge in [0.15, 0.2) is 23.3 Å². The van der Waals surface area contributed by atoms with E-state index in [1.165, 1.54) is 0 Å². The lowest BCUT2D eigenvalue weighted by Gasteiger charge is -2.32. The SMILES string of the molecule is CCC(CC)(CC)Nc1nc(NN)c(F)cc1F. The monoisotopic (exact) mass is 258 g/mol. The molecule has 0 spiro atoms. The molecule has 0 atom stereocenters. The number of halogens is 2. The number of nitrogen functional groups attached to an aromatic ring is 1. The summed E-state index contributed by atoms with van der Waals surface area (Å²) in [5.41, 5.74) is 1.87. The van der Waals surface area contributed by atoms with Crippen LogP contribution in [-0.4, -0.2) is 10.5 Å². The molecule has 0 radical (unpaired) electrons. The van der Waals surface area contributed by atoms with Crippen LogP contribution in [-0.2, 0) is 0 Å². The molecular formula is C12H20F2N4. The second kappa shape index (κ2) is 5.95. The maximum Gasteiger partial charge on any atom is 0.178 e. The highest BCUT2D eigenvalue weighted by molar-refractivity contribution is 5.48. The van der Waals surface area contributed by atoms with E-state index in [2.05, 4.69) is 15.7 Å². The lowest BCUT2D eigenvalue weighted by molar-refractivity contribution is 0.415. The average molecular weight is 258 g/mol. The minimum atomic E-state index is -0.810. The van der Waals surface area contributed by atoms with Crippen molar-refractivity contribution in [2.45, 2.75) is 45.6 Å². The van der Waals surface area contributed by atoms with Crippen molar-refractivity contribution in [1.82, 2.24) is 4.98 Å². The van der Waals surface area contributed by atoms with E-state index in [4.69, 9.17) is 5.84 Å². The number of nitrogens with two attached hydrogens (primary N) is 1. The summed E-state index contributed by atoms with van der Waals surface area (Å²) in [4.78, 5) is 3.82. The number of nitrogens with zero attached hydrogens (tertiary/aromatic N) is 1. The lowest BCUT2D eigenvalue weighted by Crippen LogP contribution is -2.37. The smallest absolute Gasteiger partial charge is 0.178 e. The van der Waals surface area contributed by atoms with Crippen LogP contribution in [0.3, 0.4) is 0 Å². The molecule has 4 nitrogen and oxygen atoms in total. The van der Waals surface area contributed by atoms with Gasteiger partial charge >= 0.3 is 0 Å². The van der Waals surface area contributed by atoms with E-state index >= 15 is 0 Å². The minimum absolute atomic E-state index is 0.0231. The van der Waals surface area contributed by atoms with Crippen LogP contribution in [0.5, 0.6) is 0 Å². The van der Waals surface area contributed by atoms with Crippen molar-refractivity contribution in [3.8, 4) is 0 Å². The molecule has 0 saturated carbocycles. The highest BCUT2D eigenvalue weighted by atomic mass is 19.1. The van der Waals surface area contributed by atoms with Gasteiger partial charge in [-0.25, -0.2) is 19.6 Å². The van der Waals surface area contributed by atoms with Crippen molar-refractivity contribution in [3.63, 3.8) is 0 Å². The molecule has 1 aromatic rings. The molecule has 6 heteroatoms. The summed E-state index contributed by atoms with van der Waals surface area (Å²) < 4.78 is 26.9. The Hall–Kier alpha value is -1.43. The van der Waals surface area contributed by atoms with Crippen LogP contribution in [0.15, 0.2) is 6.07 Å². The van der Waals surface area contributed by atoms with Crippen LogP contribution in [0, 0.1) is 11.6 Å². The second-order valence-electron chi connectivity index (χ2n) is 4.26. The molecule has 0 aromatic carbocycles. The zero-order valence-electron chi connectivity index (χ0n) is 11.0. The highest BCUT2D eigenvalue weighted by Gasteiger charge is 2.26. The normalized spacial score (nSPS) is 11.4. The molecule has 4 N–H and O–H groups in total. The first-order valence-electron chi connectivity index (χ1n) is 6.12. The first-order chi connectivity index (χ1) is 8.51. The van der Waals surface area contributed by atoms with Crippen molar-refractivity contribution in [1.29, 1.82) is 0 Å². The lowest BCUT2D eigenvalue weighted by atomic mass is 9.90. The van der Waals surface area contributed by atoms with Gasteiger partial charge in [0.25, 0.3) is 0 Å². The van der Waals surface area contributed by atoms with E-state index in [1.54, 1.807) is 0 Å². The van der Waals surface area contributed by atoms with E-state index in [1.807, 2.05) is 20.8 Å². The summed E-state index contributed by atoms with van der Waals surface area (Å²) in [6.07, 6.45) is 2.47. The maximum absolute atomic E-state index is 13.7. The third-order valence-corrected chi connectivity index (χ3v) is 3.48. The van der Waals surface area contributed by atoms with Gasteiger partial charge in [0.05, 0.1) is 0 Å². The summed E-state index contributed by atoms with van der Waals surface area (Å²) >= 11 is 0. The highest BCUT2D eigenvalue weighted by Crippen LogP contribution is 2.27. The van der Waals surface area contributed by atoms with Gasteiger partial charge < -0.3 is 10.7 Å². The standard InChI is InChI=1S/C12H20F2N4/c1-4-12(5-2,6-3)17-10-8(13)7-9(14)11(16-10)18-15/h7H,4-6,15H2,1-3H3,(H2,16,17,18). The molecule has 0 aliphatic carbocycles. The molecule has 0 aliphatic heterocycles. The fraction of sp³-hybridized carbons (Fsp3) is 0.583. The third-order valence-electron chi connectivity index (χ3n) is 3.48. The van der Waals surface area contributed by atoms with Crippen molar-refractivity contribution < 1.29 is 8.78 Å². The Kier molecular flexibility index (Phi) is 4.84. The van der Waals surface area contributed by atoms with Gasteiger partial charge in [-0.15, -0.1) is 0 Å². The molecule has 0 fully saturated rings. The van der Waals surface area contributed by atoms with E-state index < -0.39 is 11.6 Å². The van der Waals surface area contributed by atoms with Crippen LogP contribution in [0.2, 0.25) is 0 Å². The molecule has 1 aromatic heterocycles. The van der Waals surface area contributed by atoms with Gasteiger partial charge in [0.1, 0.15) is 0 Å². The van der Waals surface area contributed by atoms with Crippen LogP contribution in [0.4, 0.5) is 20.4 Å². The predicted octanol–water partition coefficient (Wildman–Crippen LogP) is 3.03. The van der Waals surface area contributed by atoms with Crippen molar-refractivity contribution >= 4 is 11.6 Å². The van der Waals surface area contributed by atoms with Crippen molar-refractivity contribution in [2.24, 2.45) is 5.84 Å². The molecule has 102 valence electrons. The Balaban J connectivity index is 3.10. The van der Waals surface area contributed by atoms with Crippen LogP contribution >= 0.6 is 0 Å². The molecule has 0 unspecified atom stereocenters. The minimum Gasteiger partial charge on any atom is -0.362 e. The maximum atomic E-state index is 13.7. The molecule has 0 bridgehead atoms. The van der Waals surface area contributed by atoms with Gasteiger partial charge in [0, 0.05) is 11.6 Å². The number of aromatic nitrogens is 1. The van der Waals surface area contributed by atoms with Crippen LogP contribution in [0.1, 0.15) is 40.0 Å². The fourth-order valence-corrected chi connectivity index (χ4v) is 1.92. The summed E-state index contributed by atoms with van der Waals surface area (Å²) in [5.74, 6) is 3.45. The van der Waals surface area contributed by atoms with Crippen molar-refractivity contribution in [3.05, 3.63) is 17.7 Å². The molecule has 1 heterocycles. The van der Waals surface area contributed by atoms with Gasteiger partial charge in [-0.3, -0.25) is 0 Å². The summed E-state index contributed by atoms with van der Waals surface area (Å²) in [6, 6.07) is 0.774. The van der Waals surface area contributed by atoms with E-state index in [0.29, 0.717) is 0 Å². The zero-order chi connectivity index (χ0) is 13.8. The topological polar surface area (TPSA) is 63.0 Å². The van der Waals surface area contributed by atoms with Crippen LogP contribution < -0.4 is 16.6 Å². The van der Waals surface area contributed by atoms with Gasteiger partial charge in [-0.2, -0.15) is 0 Å². The van der Waals surface area contributed by atoms with Crippen molar-refractivity contribution in [2.75, 3.05) is 10.7 Å². The Labute approximate surface area is 106 Å². The number of nitrogens with one attached hydrogen (secondary N) is 2. The summed E-state index contributed by atoms with van der Waals surface area (Å²) in [7, 11) is 0. The quantitative estimate of drug-likeness (QED) is 0.542. The molecular weight excluding hydrogens is 238 g/mol. The van der Waals surface area contributed by atoms with Gasteiger partial charge in [-0.05, 0) is 19.3 Å². The van der Waals surface area contributed by atoms with E-state index in [-0.39, 0.29) is 17.2 Å². The van der Waals surface area contributed by atoms with Gasteiger partial charge in [0.2, 0.25) is 0 Å². The average Bonchev–Trinajstić information content (AvgIpc) is 2.38. The van der Waals surface area contributed by atoms with Gasteiger partial charge in [-0.1, -0.05) is 20.8 Å². The van der Waals surface area contributed by atoms with E-state index in [0.717, 1.165) is 25.3 Å². The molecule has 1 rings (SSSR count). The molecule has 0 aliphatic rings. The predicted molar refractivity (Wildman–Crippen MR) is 69.2 cm³/mol. The third kappa shape index (κ3) is 2.87. The Morgan fingerprint density at radius 2 is 1.61 bits per heavy atom. The Morgan fingerprint density at radius 1 is 1.11 bits per heavy atom.